The van der Waals surface area contributed by atoms with Crippen LogP contribution in [0.25, 0.3) is 0 Å². The second kappa shape index (κ2) is 6.12. The third-order valence-corrected chi connectivity index (χ3v) is 7.50. The van der Waals surface area contributed by atoms with Gasteiger partial charge in [0.25, 0.3) is 0 Å². The van der Waals surface area contributed by atoms with E-state index in [0.717, 1.165) is 6.42 Å². The fraction of sp³-hybridized carbons (Fsp3) is 0.588. The van der Waals surface area contributed by atoms with Gasteiger partial charge >= 0.3 is 133 Å². The van der Waals surface area contributed by atoms with Gasteiger partial charge in [-0.3, -0.25) is 0 Å². The second-order valence-electron chi connectivity index (χ2n) is 6.44. The molecule has 1 aliphatic rings. The van der Waals surface area contributed by atoms with E-state index >= 15 is 0 Å². The second-order valence-corrected chi connectivity index (χ2v) is 10.1. The van der Waals surface area contributed by atoms with Gasteiger partial charge in [-0.05, 0) is 0 Å². The molecule has 21 heavy (non-hydrogen) atoms. The van der Waals surface area contributed by atoms with Crippen LogP contribution >= 0.6 is 0 Å². The van der Waals surface area contributed by atoms with Gasteiger partial charge in [-0.15, -0.1) is 0 Å². The molecular weight excluding hydrogens is 331 g/mol. The Bertz CT molecular complexity index is 500. The molecule has 0 saturated heterocycles. The fourth-order valence-electron chi connectivity index (χ4n) is 3.59. The summed E-state index contributed by atoms with van der Waals surface area (Å²) >= 11 is 0.234. The number of ether oxygens (including phenoxy) is 1. The van der Waals surface area contributed by atoms with Crippen LogP contribution in [0, 0.1) is 11.3 Å². The predicted molar refractivity (Wildman–Crippen MR) is 84.7 cm³/mol. The Hall–Kier alpha value is -0.831. The molecule has 4 heteroatoms. The van der Waals surface area contributed by atoms with E-state index in [0.29, 0.717) is 6.42 Å². The van der Waals surface area contributed by atoms with Gasteiger partial charge < -0.3 is 0 Å². The summed E-state index contributed by atoms with van der Waals surface area (Å²) in [6.45, 7) is 6.29. The standard InChI is InChI=1S/C17H24O3Se/c1-16(2,21-12-8-6-5-7-9-12)13-10-11-14(18)17(13,3)15(19)20-4/h5-9,13-14,18H,10-11H2,1-4H3/t13-,14+,17-/m0/s1. The molecule has 1 fully saturated rings. The van der Waals surface area contributed by atoms with Crippen molar-refractivity contribution in [2.45, 2.75) is 44.0 Å². The number of aliphatic hydroxyl groups is 1. The molecule has 0 aliphatic heterocycles. The first kappa shape index (κ1) is 16.5. The minimum absolute atomic E-state index is 0.0191. The van der Waals surface area contributed by atoms with E-state index in [1.54, 1.807) is 0 Å². The Morgan fingerprint density at radius 1 is 1.33 bits per heavy atom. The molecule has 1 aromatic rings. The number of benzene rings is 1. The summed E-state index contributed by atoms with van der Waals surface area (Å²) in [5.41, 5.74) is -0.797. The van der Waals surface area contributed by atoms with Crippen molar-refractivity contribution in [1.82, 2.24) is 0 Å². The van der Waals surface area contributed by atoms with Gasteiger partial charge in [0.05, 0.1) is 0 Å². The molecule has 0 unspecified atom stereocenters. The Balaban J connectivity index is 2.28. The summed E-state index contributed by atoms with van der Waals surface area (Å²) in [4.78, 5) is 12.3. The number of aliphatic hydroxyl groups excluding tert-OH is 1. The molecule has 0 amide bonds. The third kappa shape index (κ3) is 3.03. The SMILES string of the molecule is COC(=O)[C@]1(C)[C@H](O)CC[C@H]1C(C)(C)[Se]c1ccccc1. The molecule has 1 aromatic carbocycles. The quantitative estimate of drug-likeness (QED) is 0.665. The zero-order valence-electron chi connectivity index (χ0n) is 13.1. The van der Waals surface area contributed by atoms with Crippen molar-refractivity contribution in [3.63, 3.8) is 0 Å². The monoisotopic (exact) mass is 356 g/mol. The van der Waals surface area contributed by atoms with Gasteiger partial charge in [0, 0.05) is 0 Å². The molecule has 1 N–H and O–H groups in total. The van der Waals surface area contributed by atoms with Crippen LogP contribution in [0.4, 0.5) is 0 Å². The molecule has 2 rings (SSSR count). The number of hydrogen-bond donors (Lipinski definition) is 1. The molecule has 0 radical (unpaired) electrons. The van der Waals surface area contributed by atoms with Crippen LogP contribution in [-0.4, -0.2) is 39.2 Å². The first-order valence-corrected chi connectivity index (χ1v) is 9.04. The molecular formula is C17H24O3Se. The number of rotatable bonds is 4. The molecule has 1 saturated carbocycles. The number of carbonyl (C=O) groups is 1. The van der Waals surface area contributed by atoms with Crippen LogP contribution in [0.2, 0.25) is 4.31 Å². The van der Waals surface area contributed by atoms with Crippen LogP contribution in [0.5, 0.6) is 0 Å². The van der Waals surface area contributed by atoms with E-state index in [4.69, 9.17) is 4.74 Å². The van der Waals surface area contributed by atoms with E-state index in [-0.39, 0.29) is 31.2 Å². The van der Waals surface area contributed by atoms with Gasteiger partial charge in [-0.1, -0.05) is 0 Å². The van der Waals surface area contributed by atoms with Crippen molar-refractivity contribution in [3.8, 4) is 0 Å². The maximum absolute atomic E-state index is 12.3. The average Bonchev–Trinajstić information content (AvgIpc) is 2.76. The van der Waals surface area contributed by atoms with Crippen LogP contribution in [0.15, 0.2) is 30.3 Å². The van der Waals surface area contributed by atoms with Gasteiger partial charge in [0.1, 0.15) is 0 Å². The van der Waals surface area contributed by atoms with Crippen LogP contribution in [0.1, 0.15) is 33.6 Å². The van der Waals surface area contributed by atoms with Crippen molar-refractivity contribution in [1.29, 1.82) is 0 Å². The molecule has 3 nitrogen and oxygen atoms in total. The summed E-state index contributed by atoms with van der Waals surface area (Å²) in [5, 5.41) is 10.4. The molecule has 0 spiro atoms. The molecule has 0 heterocycles. The van der Waals surface area contributed by atoms with Crippen LogP contribution in [-0.2, 0) is 9.53 Å². The first-order valence-electron chi connectivity index (χ1n) is 7.33. The molecule has 3 atom stereocenters. The zero-order chi connectivity index (χ0) is 15.7. The average molecular weight is 355 g/mol. The van der Waals surface area contributed by atoms with Crippen molar-refractivity contribution >= 4 is 25.4 Å². The summed E-state index contributed by atoms with van der Waals surface area (Å²) in [7, 11) is 1.41. The molecule has 1 aliphatic carbocycles. The van der Waals surface area contributed by atoms with Gasteiger partial charge in [-0.2, -0.15) is 0 Å². The van der Waals surface area contributed by atoms with Gasteiger partial charge in [-0.25, -0.2) is 0 Å². The predicted octanol–water partition coefficient (Wildman–Crippen LogP) is 2.16. The van der Waals surface area contributed by atoms with E-state index in [2.05, 4.69) is 38.1 Å². The van der Waals surface area contributed by atoms with Crippen molar-refractivity contribution < 1.29 is 14.6 Å². The number of hydrogen-bond acceptors (Lipinski definition) is 3. The Morgan fingerprint density at radius 2 is 1.95 bits per heavy atom. The van der Waals surface area contributed by atoms with Crippen molar-refractivity contribution in [2.75, 3.05) is 7.11 Å². The topological polar surface area (TPSA) is 46.5 Å². The molecule has 0 aromatic heterocycles. The van der Waals surface area contributed by atoms with E-state index in [1.807, 2.05) is 13.0 Å². The van der Waals surface area contributed by atoms with Gasteiger partial charge in [0.15, 0.2) is 0 Å². The van der Waals surface area contributed by atoms with E-state index in [9.17, 15) is 9.90 Å². The molecule has 0 bridgehead atoms. The van der Waals surface area contributed by atoms with Crippen molar-refractivity contribution in [3.05, 3.63) is 30.3 Å². The summed E-state index contributed by atoms with van der Waals surface area (Å²) < 4.78 is 6.29. The number of methoxy groups -OCH3 is 1. The fourth-order valence-corrected chi connectivity index (χ4v) is 6.54. The third-order valence-electron chi connectivity index (χ3n) is 4.73. The van der Waals surface area contributed by atoms with E-state index in [1.165, 1.54) is 11.6 Å². The van der Waals surface area contributed by atoms with E-state index < -0.39 is 11.5 Å². The van der Waals surface area contributed by atoms with Crippen LogP contribution < -0.4 is 4.46 Å². The Kier molecular flexibility index (Phi) is 4.82. The number of esters is 1. The summed E-state index contributed by atoms with van der Waals surface area (Å²) in [5.74, 6) is -0.151. The summed E-state index contributed by atoms with van der Waals surface area (Å²) in [6, 6.07) is 10.4. The number of carbonyl (C=O) groups excluding carboxylic acids is 1. The Morgan fingerprint density at radius 3 is 2.52 bits per heavy atom. The zero-order valence-corrected chi connectivity index (χ0v) is 14.8. The first-order chi connectivity index (χ1) is 9.82. The summed E-state index contributed by atoms with van der Waals surface area (Å²) in [6.07, 6.45) is 0.930. The maximum atomic E-state index is 12.3. The van der Waals surface area contributed by atoms with Crippen molar-refractivity contribution in [2.24, 2.45) is 11.3 Å². The molecule has 116 valence electrons. The Labute approximate surface area is 133 Å². The van der Waals surface area contributed by atoms with Crippen LogP contribution in [0.3, 0.4) is 0 Å². The minimum atomic E-state index is -0.797. The van der Waals surface area contributed by atoms with Gasteiger partial charge in [0.2, 0.25) is 0 Å². The normalized spacial score (nSPS) is 29.4.